The highest BCUT2D eigenvalue weighted by atomic mass is 16.8. The van der Waals surface area contributed by atoms with Gasteiger partial charge in [-0.3, -0.25) is 19.2 Å². The minimum absolute atomic E-state index is 0.271. The lowest BCUT2D eigenvalue weighted by Crippen LogP contribution is -2.70. The topological polar surface area (TPSA) is 571 Å². The predicted molar refractivity (Wildman–Crippen MR) is 258 cm³/mol. The molecule has 21 N–H and O–H groups in total. The van der Waals surface area contributed by atoms with E-state index >= 15 is 0 Å². The first-order valence-electron chi connectivity index (χ1n) is 26.3. The summed E-state index contributed by atoms with van der Waals surface area (Å²) in [5, 5.41) is 194. The third-order valence-electron chi connectivity index (χ3n) is 14.6. The number of rotatable bonds is 25. The van der Waals surface area contributed by atoms with E-state index in [1.807, 2.05) is 0 Å². The molecule has 6 aliphatic heterocycles. The Hall–Kier alpha value is -3.28. The molecule has 0 aromatic rings. The van der Waals surface area contributed by atoms with E-state index in [-0.39, 0.29) is 6.41 Å². The van der Waals surface area contributed by atoms with Crippen molar-refractivity contribution in [2.45, 2.75) is 211 Å². The van der Waals surface area contributed by atoms with Gasteiger partial charge in [0.05, 0.1) is 58.9 Å². The number of nitrogens with one attached hydrogen (secondary N) is 4. The van der Waals surface area contributed by atoms with Gasteiger partial charge < -0.3 is 165 Å². The number of ether oxygens (including phenoxy) is 12. The number of carbonyl (C=O) groups is 4. The molecule has 6 heterocycles. The standard InChI is InChI=1S/C46H78N4O33/c1-13(58)48-23-30(65)26(61)17(5-52)74-41(23)73-11-22-29(64)40(83-42-24(49-14(2)59)31(66)27(62)18(6-53)75-42)36(71)46(79-22)80-37-20(8-55)77-43(25(32(37)67)50-15(3)60)82-39-28(63)19(7-54)76-45(35(39)70)81-38-21(9-56)78-44(34(69)33(38)68)72-10-16(4-51)47-12-57/h12,16-46,51-56,61-71H,4-11H2,1-3H3,(H,47,57)(H,48,58)(H,49,59)(H,50,60)/t16-,17-,18-,19-,20-,21-,22-,23-,24-,25-,26-,27-,28+,29+,30-,31-,32-,33-,34-,35-,36-,37-,38-,39+,40+,41-,42+,43+,44-,45+,46+/m1/s1. The van der Waals surface area contributed by atoms with Gasteiger partial charge in [0.15, 0.2) is 37.7 Å². The van der Waals surface area contributed by atoms with Crippen LogP contribution in [0.4, 0.5) is 0 Å². The lowest BCUT2D eigenvalue weighted by atomic mass is 9.94. The minimum Gasteiger partial charge on any atom is -0.394 e. The molecule has 480 valence electrons. The van der Waals surface area contributed by atoms with Crippen LogP contribution in [0.3, 0.4) is 0 Å². The molecule has 6 aliphatic rings. The summed E-state index contributed by atoms with van der Waals surface area (Å²) in [7, 11) is 0. The summed E-state index contributed by atoms with van der Waals surface area (Å²) < 4.78 is 69.6. The van der Waals surface area contributed by atoms with Crippen LogP contribution in [0.25, 0.3) is 0 Å². The fourth-order valence-electron chi connectivity index (χ4n) is 10.2. The lowest BCUT2D eigenvalue weighted by molar-refractivity contribution is -0.386. The smallest absolute Gasteiger partial charge is 0.217 e. The number of carbonyl (C=O) groups excluding carboxylic acids is 4. The van der Waals surface area contributed by atoms with Crippen molar-refractivity contribution in [2.75, 3.05) is 52.9 Å². The van der Waals surface area contributed by atoms with Crippen molar-refractivity contribution in [3.63, 3.8) is 0 Å². The van der Waals surface area contributed by atoms with Crippen LogP contribution < -0.4 is 21.3 Å². The van der Waals surface area contributed by atoms with Crippen molar-refractivity contribution >= 4 is 24.1 Å². The highest BCUT2D eigenvalue weighted by Gasteiger charge is 2.58. The molecular formula is C46H78N4O33. The highest BCUT2D eigenvalue weighted by molar-refractivity contribution is 5.74. The van der Waals surface area contributed by atoms with Crippen LogP contribution in [0.5, 0.6) is 0 Å². The molecule has 83 heavy (non-hydrogen) atoms. The molecule has 0 radical (unpaired) electrons. The molecule has 6 rings (SSSR count). The van der Waals surface area contributed by atoms with E-state index in [4.69, 9.17) is 56.8 Å². The molecule has 0 saturated carbocycles. The average molecular weight is 1220 g/mol. The van der Waals surface area contributed by atoms with Gasteiger partial charge in [-0.1, -0.05) is 0 Å². The molecular weight excluding hydrogens is 1140 g/mol. The van der Waals surface area contributed by atoms with Crippen LogP contribution in [0, 0.1) is 0 Å². The number of aliphatic hydroxyl groups excluding tert-OH is 17. The van der Waals surface area contributed by atoms with Crippen LogP contribution in [-0.2, 0) is 76.0 Å². The Bertz CT molecular complexity index is 2050. The van der Waals surface area contributed by atoms with Gasteiger partial charge in [-0.25, -0.2) is 0 Å². The molecule has 0 aromatic carbocycles. The third kappa shape index (κ3) is 16.1. The first-order chi connectivity index (χ1) is 39.4. The van der Waals surface area contributed by atoms with Gasteiger partial charge in [0, 0.05) is 20.8 Å². The molecule has 0 unspecified atom stereocenters. The molecule has 37 heteroatoms. The lowest BCUT2D eigenvalue weighted by Gasteiger charge is -2.50. The van der Waals surface area contributed by atoms with E-state index < -0.39 is 261 Å². The fraction of sp³-hybridized carbons (Fsp3) is 0.913. The van der Waals surface area contributed by atoms with E-state index in [1.54, 1.807) is 0 Å². The second kappa shape index (κ2) is 31.1. The average Bonchev–Trinajstić information content (AvgIpc) is 2.95. The largest absolute Gasteiger partial charge is 0.394 e. The first kappa shape index (κ1) is 68.8. The second-order valence-electron chi connectivity index (χ2n) is 20.5. The summed E-state index contributed by atoms with van der Waals surface area (Å²) in [6.45, 7) is -3.76. The highest BCUT2D eigenvalue weighted by Crippen LogP contribution is 2.37. The van der Waals surface area contributed by atoms with Gasteiger partial charge in [-0.15, -0.1) is 0 Å². The Morgan fingerprint density at radius 3 is 1.20 bits per heavy atom. The zero-order valence-electron chi connectivity index (χ0n) is 44.8. The molecule has 0 bridgehead atoms. The van der Waals surface area contributed by atoms with Crippen LogP contribution >= 0.6 is 0 Å². The molecule has 0 aromatic heterocycles. The molecule has 4 amide bonds. The van der Waals surface area contributed by atoms with E-state index in [0.717, 1.165) is 20.8 Å². The summed E-state index contributed by atoms with van der Waals surface area (Å²) in [6.07, 6.45) is -51.4. The number of amides is 4. The maximum atomic E-state index is 12.8. The number of aliphatic hydroxyl groups is 17. The molecule has 0 aliphatic carbocycles. The zero-order valence-corrected chi connectivity index (χ0v) is 44.8. The van der Waals surface area contributed by atoms with E-state index in [0.29, 0.717) is 0 Å². The molecule has 31 atom stereocenters. The van der Waals surface area contributed by atoms with Crippen LogP contribution in [0.2, 0.25) is 0 Å². The molecule has 6 fully saturated rings. The maximum Gasteiger partial charge on any atom is 0.217 e. The number of hydrogen-bond donors (Lipinski definition) is 21. The van der Waals surface area contributed by atoms with Crippen molar-refractivity contribution in [1.82, 2.24) is 21.3 Å². The minimum atomic E-state index is -2.28. The van der Waals surface area contributed by atoms with Gasteiger partial charge in [-0.2, -0.15) is 0 Å². The zero-order chi connectivity index (χ0) is 61.3. The summed E-state index contributed by atoms with van der Waals surface area (Å²) in [5.74, 6) is -2.44. The van der Waals surface area contributed by atoms with Gasteiger partial charge in [0.25, 0.3) is 0 Å². The quantitative estimate of drug-likeness (QED) is 0.0377. The van der Waals surface area contributed by atoms with Crippen molar-refractivity contribution in [1.29, 1.82) is 0 Å². The molecule has 6 saturated heterocycles. The Labute approximate surface area is 471 Å². The summed E-state index contributed by atoms with van der Waals surface area (Å²) in [5.41, 5.74) is 0. The second-order valence-corrected chi connectivity index (χ2v) is 20.5. The summed E-state index contributed by atoms with van der Waals surface area (Å²) in [4.78, 5) is 48.2. The Balaban J connectivity index is 1.26. The number of hydrogen-bond acceptors (Lipinski definition) is 33. The van der Waals surface area contributed by atoms with Crippen molar-refractivity contribution in [2.24, 2.45) is 0 Å². The van der Waals surface area contributed by atoms with Crippen LogP contribution in [0.15, 0.2) is 0 Å². The van der Waals surface area contributed by atoms with Crippen molar-refractivity contribution in [3.8, 4) is 0 Å². The Kier molecular flexibility index (Phi) is 25.8. The molecule has 37 nitrogen and oxygen atoms in total. The van der Waals surface area contributed by atoms with Gasteiger partial charge in [-0.05, 0) is 0 Å². The van der Waals surface area contributed by atoms with Gasteiger partial charge >= 0.3 is 0 Å². The van der Waals surface area contributed by atoms with E-state index in [1.165, 1.54) is 0 Å². The van der Waals surface area contributed by atoms with Crippen LogP contribution in [-0.4, -0.2) is 354 Å². The van der Waals surface area contributed by atoms with Crippen molar-refractivity contribution in [3.05, 3.63) is 0 Å². The predicted octanol–water partition coefficient (Wildman–Crippen LogP) is -14.5. The third-order valence-corrected chi connectivity index (χ3v) is 14.6. The van der Waals surface area contributed by atoms with Gasteiger partial charge in [0.1, 0.15) is 146 Å². The Morgan fingerprint density at radius 1 is 0.398 bits per heavy atom. The summed E-state index contributed by atoms with van der Waals surface area (Å²) in [6, 6.07) is -6.07. The normalized spacial score (nSPS) is 45.4. The van der Waals surface area contributed by atoms with Gasteiger partial charge in [0.2, 0.25) is 24.1 Å². The monoisotopic (exact) mass is 1210 g/mol. The maximum absolute atomic E-state index is 12.8. The molecule has 0 spiro atoms. The first-order valence-corrected chi connectivity index (χ1v) is 26.3. The van der Waals surface area contributed by atoms with E-state index in [2.05, 4.69) is 21.3 Å². The van der Waals surface area contributed by atoms with Crippen LogP contribution in [0.1, 0.15) is 20.8 Å². The summed E-state index contributed by atoms with van der Waals surface area (Å²) >= 11 is 0. The van der Waals surface area contributed by atoms with Crippen molar-refractivity contribution < 1.29 is 163 Å². The van der Waals surface area contributed by atoms with E-state index in [9.17, 15) is 106 Å². The SMILES string of the molecule is CC(=O)N[C@H]1[C@H](O[C@H]2[C@@H](O)[C@@H](CO)O[C@@H](O[C@H]3[C@H](O)[C@@H](O)[C@H](OC[C@@H](CO)NC=O)O[C@@H]3CO)[C@@H]2O)O[C@H](CO)[C@@H](O[C@@H]2O[C@H](CO[C@@H]3O[C@H](CO)[C@@H](O)[C@H](O)[C@H]3NC(C)=O)[C@H](O)[C@H](O[C@@H]3O[C@H](CO)[C@@H](O)[C@H](O)[C@H]3NC(C)=O)[C@H]2O)[C@@H]1O. The fourth-order valence-corrected chi connectivity index (χ4v) is 10.2. The Morgan fingerprint density at radius 2 is 0.759 bits per heavy atom.